The minimum absolute atomic E-state index is 0.0185. The fourth-order valence-electron chi connectivity index (χ4n) is 2.97. The number of aromatic carboxylic acids is 1. The Labute approximate surface area is 153 Å². The van der Waals surface area contributed by atoms with Crippen LogP contribution in [0.25, 0.3) is 0 Å². The molecule has 1 fully saturated rings. The van der Waals surface area contributed by atoms with E-state index in [9.17, 15) is 23.1 Å². The molecule has 3 N–H and O–H groups in total. The number of ether oxygens (including phenoxy) is 1. The summed E-state index contributed by atoms with van der Waals surface area (Å²) in [6.45, 7) is 2.13. The van der Waals surface area contributed by atoms with Crippen molar-refractivity contribution in [3.8, 4) is 5.75 Å². The van der Waals surface area contributed by atoms with E-state index < -0.39 is 27.7 Å². The summed E-state index contributed by atoms with van der Waals surface area (Å²) in [6.07, 6.45) is 3.41. The number of nitrogens with one attached hydrogen (secondary N) is 2. The number of rotatable bonds is 7. The van der Waals surface area contributed by atoms with Gasteiger partial charge in [0.1, 0.15) is 11.5 Å². The lowest BCUT2D eigenvalue weighted by atomic mass is 9.88. The first-order valence-electron chi connectivity index (χ1n) is 8.41. The fraction of sp³-hybridized carbons (Fsp3) is 0.529. The van der Waals surface area contributed by atoms with Gasteiger partial charge in [0, 0.05) is 6.04 Å². The van der Waals surface area contributed by atoms with E-state index in [0.29, 0.717) is 11.7 Å². The Morgan fingerprint density at radius 1 is 1.23 bits per heavy atom. The third kappa shape index (κ3) is 5.70. The quantitative estimate of drug-likeness (QED) is 0.659. The van der Waals surface area contributed by atoms with Gasteiger partial charge >= 0.3 is 5.97 Å². The van der Waals surface area contributed by atoms with Gasteiger partial charge in [-0.2, -0.15) is 0 Å². The van der Waals surface area contributed by atoms with Crippen molar-refractivity contribution in [2.24, 2.45) is 5.92 Å². The Morgan fingerprint density at radius 2 is 1.88 bits per heavy atom. The number of carboxylic acids is 1. The van der Waals surface area contributed by atoms with E-state index in [0.717, 1.165) is 25.7 Å². The summed E-state index contributed by atoms with van der Waals surface area (Å²) in [6, 6.07) is 3.95. The van der Waals surface area contributed by atoms with Crippen LogP contribution in [0.15, 0.2) is 18.2 Å². The molecule has 0 heterocycles. The minimum atomic E-state index is -3.80. The number of benzene rings is 1. The largest absolute Gasteiger partial charge is 0.497 e. The van der Waals surface area contributed by atoms with Gasteiger partial charge in [-0.3, -0.25) is 4.79 Å². The van der Waals surface area contributed by atoms with Crippen molar-refractivity contribution in [2.45, 2.75) is 38.6 Å². The number of carbonyl (C=O) groups excluding carboxylic acids is 1. The molecule has 0 aliphatic heterocycles. The lowest BCUT2D eigenvalue weighted by Gasteiger charge is -2.26. The van der Waals surface area contributed by atoms with Crippen LogP contribution in [0.1, 0.15) is 43.0 Å². The Hall–Kier alpha value is -2.13. The molecule has 1 aliphatic carbocycles. The van der Waals surface area contributed by atoms with Gasteiger partial charge in [0.25, 0.3) is 0 Å². The second-order valence-corrected chi connectivity index (χ2v) is 8.35. The Bertz CT molecular complexity index is 769. The zero-order valence-electron chi connectivity index (χ0n) is 14.8. The molecular formula is C17H24N2O6S. The van der Waals surface area contributed by atoms with Crippen LogP contribution in [-0.2, 0) is 14.8 Å². The normalized spacial score (nSPS) is 20.4. The molecule has 0 atom stereocenters. The van der Waals surface area contributed by atoms with E-state index in [1.54, 1.807) is 0 Å². The van der Waals surface area contributed by atoms with Gasteiger partial charge in [0.05, 0.1) is 18.4 Å². The van der Waals surface area contributed by atoms with Crippen LogP contribution < -0.4 is 14.8 Å². The molecule has 0 aromatic heterocycles. The van der Waals surface area contributed by atoms with Crippen LogP contribution in [0.3, 0.4) is 0 Å². The Morgan fingerprint density at radius 3 is 2.46 bits per heavy atom. The van der Waals surface area contributed by atoms with E-state index in [4.69, 9.17) is 4.74 Å². The Balaban J connectivity index is 2.00. The number of hydrogen-bond acceptors (Lipinski definition) is 5. The Kier molecular flexibility index (Phi) is 6.60. The first kappa shape index (κ1) is 20.2. The molecule has 144 valence electrons. The van der Waals surface area contributed by atoms with E-state index in [2.05, 4.69) is 17.0 Å². The zero-order valence-corrected chi connectivity index (χ0v) is 15.6. The highest BCUT2D eigenvalue weighted by atomic mass is 32.2. The predicted octanol–water partition coefficient (Wildman–Crippen LogP) is 1.83. The van der Waals surface area contributed by atoms with E-state index >= 15 is 0 Å². The molecule has 0 spiro atoms. The number of methoxy groups -OCH3 is 1. The van der Waals surface area contributed by atoms with Gasteiger partial charge in [-0.15, -0.1) is 0 Å². The highest BCUT2D eigenvalue weighted by Gasteiger charge is 2.25. The lowest BCUT2D eigenvalue weighted by Crippen LogP contribution is -2.41. The molecule has 9 heteroatoms. The zero-order chi connectivity index (χ0) is 19.3. The third-order valence-electron chi connectivity index (χ3n) is 4.41. The van der Waals surface area contributed by atoms with Crippen molar-refractivity contribution >= 4 is 27.6 Å². The van der Waals surface area contributed by atoms with Gasteiger partial charge in [-0.25, -0.2) is 17.9 Å². The van der Waals surface area contributed by atoms with Crippen LogP contribution in [-0.4, -0.2) is 44.3 Å². The summed E-state index contributed by atoms with van der Waals surface area (Å²) in [5.41, 5.74) is -0.158. The SMILES string of the molecule is COc1ccc(NC(=O)CS(=O)(=O)NC2CCC(C)CC2)c(C(=O)O)c1. The van der Waals surface area contributed by atoms with Gasteiger partial charge in [0.15, 0.2) is 0 Å². The van der Waals surface area contributed by atoms with Gasteiger partial charge in [0.2, 0.25) is 15.9 Å². The van der Waals surface area contributed by atoms with Crippen molar-refractivity contribution in [2.75, 3.05) is 18.2 Å². The monoisotopic (exact) mass is 384 g/mol. The van der Waals surface area contributed by atoms with E-state index in [1.165, 1.54) is 25.3 Å². The van der Waals surface area contributed by atoms with Crippen LogP contribution in [0.2, 0.25) is 0 Å². The number of sulfonamides is 1. The summed E-state index contributed by atoms with van der Waals surface area (Å²) in [4.78, 5) is 23.4. The van der Waals surface area contributed by atoms with Crippen molar-refractivity contribution in [3.05, 3.63) is 23.8 Å². The van der Waals surface area contributed by atoms with Crippen LogP contribution in [0.4, 0.5) is 5.69 Å². The first-order valence-corrected chi connectivity index (χ1v) is 10.1. The number of amides is 1. The van der Waals surface area contributed by atoms with E-state index in [1.807, 2.05) is 0 Å². The van der Waals surface area contributed by atoms with E-state index in [-0.39, 0.29) is 17.3 Å². The number of hydrogen-bond donors (Lipinski definition) is 3. The molecule has 1 amide bonds. The smallest absolute Gasteiger partial charge is 0.337 e. The predicted molar refractivity (Wildman–Crippen MR) is 96.9 cm³/mol. The average Bonchev–Trinajstić information content (AvgIpc) is 2.56. The highest BCUT2D eigenvalue weighted by Crippen LogP contribution is 2.24. The van der Waals surface area contributed by atoms with Crippen molar-refractivity contribution < 1.29 is 27.9 Å². The number of carbonyl (C=O) groups is 2. The second-order valence-electron chi connectivity index (χ2n) is 6.60. The number of anilines is 1. The maximum absolute atomic E-state index is 12.2. The summed E-state index contributed by atoms with van der Waals surface area (Å²) >= 11 is 0. The summed E-state index contributed by atoms with van der Waals surface area (Å²) in [5.74, 6) is -1.90. The summed E-state index contributed by atoms with van der Waals surface area (Å²) in [7, 11) is -2.41. The molecule has 1 aromatic rings. The molecule has 26 heavy (non-hydrogen) atoms. The highest BCUT2D eigenvalue weighted by molar-refractivity contribution is 7.90. The molecule has 1 saturated carbocycles. The van der Waals surface area contributed by atoms with Gasteiger partial charge in [-0.05, 0) is 49.8 Å². The molecule has 0 unspecified atom stereocenters. The molecule has 8 nitrogen and oxygen atoms in total. The van der Waals surface area contributed by atoms with Crippen molar-refractivity contribution in [1.82, 2.24) is 4.72 Å². The molecule has 1 aromatic carbocycles. The van der Waals surface area contributed by atoms with Crippen molar-refractivity contribution in [3.63, 3.8) is 0 Å². The maximum Gasteiger partial charge on any atom is 0.337 e. The van der Waals surface area contributed by atoms with Crippen LogP contribution in [0.5, 0.6) is 5.75 Å². The van der Waals surface area contributed by atoms with Crippen LogP contribution >= 0.6 is 0 Å². The second kappa shape index (κ2) is 8.50. The van der Waals surface area contributed by atoms with Gasteiger partial charge in [-0.1, -0.05) is 6.92 Å². The van der Waals surface area contributed by atoms with Gasteiger partial charge < -0.3 is 15.2 Å². The standard InChI is InChI=1S/C17H24N2O6S/c1-11-3-5-12(6-4-11)19-26(23,24)10-16(20)18-15-8-7-13(25-2)9-14(15)17(21)22/h7-9,11-12,19H,3-6,10H2,1-2H3,(H,18,20)(H,21,22). The molecular weight excluding hydrogens is 360 g/mol. The third-order valence-corrected chi connectivity index (χ3v) is 5.75. The molecule has 2 rings (SSSR count). The lowest BCUT2D eigenvalue weighted by molar-refractivity contribution is -0.113. The fourth-order valence-corrected chi connectivity index (χ4v) is 4.21. The summed E-state index contributed by atoms with van der Waals surface area (Å²) in [5, 5.41) is 11.6. The first-order chi connectivity index (χ1) is 12.2. The number of carboxylic acid groups (broad SMARTS) is 1. The molecule has 1 aliphatic rings. The topological polar surface area (TPSA) is 122 Å². The molecule has 0 radical (unpaired) electrons. The maximum atomic E-state index is 12.2. The minimum Gasteiger partial charge on any atom is -0.497 e. The van der Waals surface area contributed by atoms with Crippen molar-refractivity contribution in [1.29, 1.82) is 0 Å². The molecule has 0 bridgehead atoms. The van der Waals surface area contributed by atoms with Crippen LogP contribution in [0, 0.1) is 5.92 Å². The average molecular weight is 384 g/mol. The summed E-state index contributed by atoms with van der Waals surface area (Å²) < 4.78 is 31.9. The molecule has 0 saturated heterocycles.